The Bertz CT molecular complexity index is 370. The van der Waals surface area contributed by atoms with Crippen molar-refractivity contribution in [3.63, 3.8) is 0 Å². The second-order valence-corrected chi connectivity index (χ2v) is 12.1. The number of halogens is 1. The van der Waals surface area contributed by atoms with Crippen LogP contribution in [0.5, 0.6) is 0 Å². The molecule has 116 valence electrons. The van der Waals surface area contributed by atoms with E-state index in [4.69, 9.17) is 9.16 Å². The summed E-state index contributed by atoms with van der Waals surface area (Å²) in [5, 5.41) is 0.146. The molecule has 0 rings (SSSR count). The lowest BCUT2D eigenvalue weighted by molar-refractivity contribution is -0.144. The molecule has 0 N–H and O–H groups in total. The lowest BCUT2D eigenvalue weighted by Crippen LogP contribution is -2.43. The van der Waals surface area contributed by atoms with E-state index in [9.17, 15) is 4.79 Å². The third kappa shape index (κ3) is 7.59. The van der Waals surface area contributed by atoms with Gasteiger partial charge in [0.1, 0.15) is 6.10 Å². The molecule has 5 heteroatoms. The molecule has 0 radical (unpaired) electrons. The third-order valence-electron chi connectivity index (χ3n) is 3.49. The van der Waals surface area contributed by atoms with E-state index >= 15 is 0 Å². The number of hydrogen-bond donors (Lipinski definition) is 0. The number of esters is 1. The van der Waals surface area contributed by atoms with E-state index < -0.39 is 8.32 Å². The second-order valence-electron chi connectivity index (χ2n) is 6.58. The van der Waals surface area contributed by atoms with Crippen molar-refractivity contribution in [1.82, 2.24) is 0 Å². The number of carbonyl (C=O) groups excluding carboxylic acids is 1. The van der Waals surface area contributed by atoms with Gasteiger partial charge in [0.25, 0.3) is 0 Å². The van der Waals surface area contributed by atoms with Crippen LogP contribution in [0.2, 0.25) is 18.1 Å². The van der Waals surface area contributed by atoms with Crippen LogP contribution in [0.4, 0.5) is 0 Å². The maximum Gasteiger partial charge on any atom is 0.331 e. The number of carbonyl (C=O) groups is 1. The van der Waals surface area contributed by atoms with E-state index in [1.54, 1.807) is 4.08 Å². The Labute approximate surface area is 138 Å². The molecule has 1 atom stereocenters. The van der Waals surface area contributed by atoms with Crippen molar-refractivity contribution >= 4 is 36.9 Å². The van der Waals surface area contributed by atoms with Gasteiger partial charge < -0.3 is 9.16 Å². The molecule has 20 heavy (non-hydrogen) atoms. The summed E-state index contributed by atoms with van der Waals surface area (Å²) < 4.78 is 13.2. The summed E-state index contributed by atoms with van der Waals surface area (Å²) in [6.07, 6.45) is 1.79. The highest BCUT2D eigenvalue weighted by Gasteiger charge is 2.37. The molecular formula is C15H27IO3Si. The molecule has 3 nitrogen and oxygen atoms in total. The molecular weight excluding hydrogens is 383 g/mol. The minimum Gasteiger partial charge on any atom is -0.456 e. The van der Waals surface area contributed by atoms with Crippen molar-refractivity contribution in [1.29, 1.82) is 0 Å². The highest BCUT2D eigenvalue weighted by Crippen LogP contribution is 2.36. The quantitative estimate of drug-likeness (QED) is 0.198. The fraction of sp³-hybridized carbons (Fsp3) is 0.667. The Morgan fingerprint density at radius 3 is 2.35 bits per heavy atom. The smallest absolute Gasteiger partial charge is 0.331 e. The average Bonchev–Trinajstić information content (AvgIpc) is 2.24. The van der Waals surface area contributed by atoms with E-state index in [1.165, 1.54) is 6.08 Å². The minimum absolute atomic E-state index is 0.146. The van der Waals surface area contributed by atoms with Crippen LogP contribution in [-0.2, 0) is 14.0 Å². The monoisotopic (exact) mass is 410 g/mol. The van der Waals surface area contributed by atoms with Gasteiger partial charge in [0.15, 0.2) is 8.32 Å². The minimum atomic E-state index is -1.83. The van der Waals surface area contributed by atoms with Crippen LogP contribution in [0.3, 0.4) is 0 Å². The van der Waals surface area contributed by atoms with Gasteiger partial charge in [-0.05, 0) is 29.1 Å². The molecule has 0 saturated carbocycles. The van der Waals surface area contributed by atoms with Gasteiger partial charge in [-0.1, -0.05) is 48.9 Å². The molecule has 0 aliphatic rings. The lowest BCUT2D eigenvalue weighted by atomic mass is 10.1. The zero-order valence-electron chi connectivity index (χ0n) is 13.5. The summed E-state index contributed by atoms with van der Waals surface area (Å²) in [7, 11) is -1.83. The van der Waals surface area contributed by atoms with E-state index in [1.807, 2.05) is 29.5 Å². The summed E-state index contributed by atoms with van der Waals surface area (Å²) in [5.41, 5.74) is 0.986. The fourth-order valence-corrected chi connectivity index (χ4v) is 2.63. The Hall–Kier alpha value is -0.143. The van der Waals surface area contributed by atoms with Crippen LogP contribution in [-0.4, -0.2) is 27.0 Å². The molecule has 0 saturated heterocycles. The van der Waals surface area contributed by atoms with E-state index in [0.717, 1.165) is 5.57 Å². The molecule has 0 amide bonds. The SMILES string of the molecule is C=C(C)C[C@@H](CO[Si](C)(C)C(C)(C)C)OC(=O)/C=C/I. The van der Waals surface area contributed by atoms with Crippen LogP contribution >= 0.6 is 22.6 Å². The fourth-order valence-electron chi connectivity index (χ4n) is 1.30. The summed E-state index contributed by atoms with van der Waals surface area (Å²) >= 11 is 2.00. The third-order valence-corrected chi connectivity index (χ3v) is 8.35. The van der Waals surface area contributed by atoms with Gasteiger partial charge >= 0.3 is 5.97 Å². The molecule has 0 aromatic carbocycles. The first-order valence-corrected chi connectivity index (χ1v) is 10.9. The van der Waals surface area contributed by atoms with Crippen molar-refractivity contribution in [2.45, 2.75) is 58.4 Å². The molecule has 0 aliphatic heterocycles. The zero-order valence-corrected chi connectivity index (χ0v) is 16.6. The predicted octanol–water partition coefficient (Wildman–Crippen LogP) is 4.83. The molecule has 0 aromatic rings. The van der Waals surface area contributed by atoms with Gasteiger partial charge in [-0.15, -0.1) is 6.58 Å². The van der Waals surface area contributed by atoms with Crippen LogP contribution in [0.1, 0.15) is 34.1 Å². The standard InChI is InChI=1S/C15H27IO3Si/c1-12(2)10-13(19-14(17)8-9-16)11-18-20(6,7)15(3,4)5/h8-9,13H,1,10-11H2,2-7H3/b9-8+/t13-/m0/s1. The van der Waals surface area contributed by atoms with Gasteiger partial charge in [0, 0.05) is 12.5 Å². The van der Waals surface area contributed by atoms with Gasteiger partial charge in [0.05, 0.1) is 6.61 Å². The van der Waals surface area contributed by atoms with Gasteiger partial charge in [0.2, 0.25) is 0 Å². The summed E-state index contributed by atoms with van der Waals surface area (Å²) in [6.45, 7) is 17.2. The van der Waals surface area contributed by atoms with E-state index in [0.29, 0.717) is 13.0 Å². The topological polar surface area (TPSA) is 35.5 Å². The lowest BCUT2D eigenvalue weighted by Gasteiger charge is -2.37. The van der Waals surface area contributed by atoms with Crippen LogP contribution in [0.15, 0.2) is 22.3 Å². The molecule has 0 bridgehead atoms. The van der Waals surface area contributed by atoms with Gasteiger partial charge in [-0.2, -0.15) is 0 Å². The molecule has 0 unspecified atom stereocenters. The van der Waals surface area contributed by atoms with Gasteiger partial charge in [-0.25, -0.2) is 4.79 Å². The maximum atomic E-state index is 11.6. The van der Waals surface area contributed by atoms with Crippen LogP contribution < -0.4 is 0 Å². The highest BCUT2D eigenvalue weighted by atomic mass is 127. The van der Waals surface area contributed by atoms with E-state index in [-0.39, 0.29) is 17.1 Å². The summed E-state index contributed by atoms with van der Waals surface area (Å²) in [6, 6.07) is 0. The number of hydrogen-bond acceptors (Lipinski definition) is 3. The van der Waals surface area contributed by atoms with Crippen molar-refractivity contribution in [3.05, 3.63) is 22.3 Å². The average molecular weight is 410 g/mol. The summed E-state index contributed by atoms with van der Waals surface area (Å²) in [4.78, 5) is 11.6. The number of ether oxygens (including phenoxy) is 1. The molecule has 0 aliphatic carbocycles. The Morgan fingerprint density at radius 2 is 1.95 bits per heavy atom. The molecule has 0 aromatic heterocycles. The second kappa shape index (κ2) is 8.34. The van der Waals surface area contributed by atoms with E-state index in [2.05, 4.69) is 40.4 Å². The van der Waals surface area contributed by atoms with Crippen molar-refractivity contribution in [3.8, 4) is 0 Å². The van der Waals surface area contributed by atoms with Crippen molar-refractivity contribution in [2.75, 3.05) is 6.61 Å². The Morgan fingerprint density at radius 1 is 1.40 bits per heavy atom. The first-order valence-electron chi connectivity index (χ1n) is 6.75. The molecule has 0 fully saturated rings. The molecule has 0 spiro atoms. The largest absolute Gasteiger partial charge is 0.456 e. The van der Waals surface area contributed by atoms with Crippen molar-refractivity contribution in [2.24, 2.45) is 0 Å². The maximum absolute atomic E-state index is 11.6. The Kier molecular flexibility index (Phi) is 8.28. The first kappa shape index (κ1) is 19.9. The van der Waals surface area contributed by atoms with Crippen LogP contribution in [0.25, 0.3) is 0 Å². The highest BCUT2D eigenvalue weighted by molar-refractivity contribution is 14.1. The normalized spacial score (nSPS) is 14.3. The predicted molar refractivity (Wildman–Crippen MR) is 95.6 cm³/mol. The zero-order chi connectivity index (χ0) is 16.0. The van der Waals surface area contributed by atoms with Gasteiger partial charge in [-0.3, -0.25) is 0 Å². The first-order chi connectivity index (χ1) is 8.99. The van der Waals surface area contributed by atoms with Crippen LogP contribution in [0, 0.1) is 0 Å². The molecule has 0 heterocycles. The van der Waals surface area contributed by atoms with Crippen molar-refractivity contribution < 1.29 is 14.0 Å². The number of rotatable bonds is 7. The summed E-state index contributed by atoms with van der Waals surface area (Å²) in [5.74, 6) is -0.329. The Balaban J connectivity index is 4.67.